The quantitative estimate of drug-likeness (QED) is 0.855. The van der Waals surface area contributed by atoms with E-state index in [2.05, 4.69) is 9.62 Å². The van der Waals surface area contributed by atoms with E-state index in [9.17, 15) is 17.2 Å². The third-order valence-electron chi connectivity index (χ3n) is 3.78. The molecular weight excluding hydrogens is 334 g/mol. The number of sulfonamides is 1. The van der Waals surface area contributed by atoms with Gasteiger partial charge in [0.2, 0.25) is 0 Å². The van der Waals surface area contributed by atoms with E-state index in [1.54, 1.807) is 13.0 Å². The summed E-state index contributed by atoms with van der Waals surface area (Å²) in [6, 6.07) is 7.86. The van der Waals surface area contributed by atoms with Crippen molar-refractivity contribution >= 4 is 21.4 Å². The van der Waals surface area contributed by atoms with Gasteiger partial charge in [-0.05, 0) is 62.7 Å². The maximum atomic E-state index is 13.3. The Morgan fingerprint density at radius 1 is 1.00 bits per heavy atom. The van der Waals surface area contributed by atoms with Crippen molar-refractivity contribution in [1.29, 1.82) is 0 Å². The van der Waals surface area contributed by atoms with Crippen LogP contribution in [-0.2, 0) is 10.0 Å². The zero-order chi connectivity index (χ0) is 17.9. The van der Waals surface area contributed by atoms with Gasteiger partial charge in [-0.15, -0.1) is 0 Å². The van der Waals surface area contributed by atoms with E-state index in [0.717, 1.165) is 36.5 Å². The van der Waals surface area contributed by atoms with Crippen molar-refractivity contribution in [3.63, 3.8) is 0 Å². The first-order valence-electron chi connectivity index (χ1n) is 7.62. The second kappa shape index (κ2) is 7.17. The van der Waals surface area contributed by atoms with Crippen molar-refractivity contribution < 1.29 is 17.2 Å². The molecule has 0 atom stereocenters. The highest BCUT2D eigenvalue weighted by atomic mass is 32.2. The highest BCUT2D eigenvalue weighted by Crippen LogP contribution is 2.25. The smallest absolute Gasteiger partial charge is 0.262 e. The first-order valence-corrected chi connectivity index (χ1v) is 9.10. The molecule has 0 saturated heterocycles. The molecule has 130 valence electrons. The number of hydrogen-bond donors (Lipinski definition) is 1. The average molecular weight is 354 g/mol. The third kappa shape index (κ3) is 3.84. The van der Waals surface area contributed by atoms with Crippen molar-refractivity contribution in [2.45, 2.75) is 25.7 Å². The monoisotopic (exact) mass is 354 g/mol. The van der Waals surface area contributed by atoms with Gasteiger partial charge in [-0.25, -0.2) is 17.2 Å². The highest BCUT2D eigenvalue weighted by Gasteiger charge is 2.18. The number of anilines is 2. The van der Waals surface area contributed by atoms with Crippen LogP contribution in [0.4, 0.5) is 20.2 Å². The molecule has 0 saturated carbocycles. The highest BCUT2D eigenvalue weighted by molar-refractivity contribution is 7.92. The molecule has 1 N–H and O–H groups in total. The molecule has 24 heavy (non-hydrogen) atoms. The van der Waals surface area contributed by atoms with Crippen LogP contribution in [0.25, 0.3) is 0 Å². The molecule has 0 heterocycles. The lowest BCUT2D eigenvalue weighted by Crippen LogP contribution is -2.22. The van der Waals surface area contributed by atoms with Crippen molar-refractivity contribution in [2.24, 2.45) is 0 Å². The molecule has 4 nitrogen and oxygen atoms in total. The number of hydrogen-bond acceptors (Lipinski definition) is 3. The Morgan fingerprint density at radius 3 is 2.21 bits per heavy atom. The van der Waals surface area contributed by atoms with Gasteiger partial charge in [-0.2, -0.15) is 0 Å². The van der Waals surface area contributed by atoms with Crippen LogP contribution >= 0.6 is 0 Å². The molecule has 0 aromatic heterocycles. The molecule has 2 rings (SSSR count). The van der Waals surface area contributed by atoms with Gasteiger partial charge in [0.15, 0.2) is 11.6 Å². The lowest BCUT2D eigenvalue weighted by Gasteiger charge is -2.22. The van der Waals surface area contributed by atoms with Crippen molar-refractivity contribution in [3.8, 4) is 0 Å². The van der Waals surface area contributed by atoms with Gasteiger partial charge < -0.3 is 4.90 Å². The van der Waals surface area contributed by atoms with Crippen LogP contribution in [0, 0.1) is 18.6 Å². The number of aryl methyl sites for hydroxylation is 1. The van der Waals surface area contributed by atoms with Gasteiger partial charge in [0.1, 0.15) is 0 Å². The van der Waals surface area contributed by atoms with Crippen LogP contribution in [-0.4, -0.2) is 21.5 Å². The summed E-state index contributed by atoms with van der Waals surface area (Å²) in [5.41, 5.74) is 2.13. The summed E-state index contributed by atoms with van der Waals surface area (Å²) in [7, 11) is -3.99. The normalized spacial score (nSPS) is 11.4. The fraction of sp³-hybridized carbons (Fsp3) is 0.294. The molecule has 2 aromatic carbocycles. The van der Waals surface area contributed by atoms with E-state index in [0.29, 0.717) is 11.8 Å². The minimum Gasteiger partial charge on any atom is -0.372 e. The molecule has 2 aromatic rings. The zero-order valence-electron chi connectivity index (χ0n) is 13.8. The predicted octanol–water partition coefficient (Wildman–Crippen LogP) is 3.92. The van der Waals surface area contributed by atoms with Crippen molar-refractivity contribution in [1.82, 2.24) is 0 Å². The summed E-state index contributed by atoms with van der Waals surface area (Å²) in [4.78, 5) is 1.81. The Hall–Kier alpha value is -2.15. The predicted molar refractivity (Wildman–Crippen MR) is 91.9 cm³/mol. The van der Waals surface area contributed by atoms with Crippen LogP contribution in [0.15, 0.2) is 41.3 Å². The molecule has 0 fully saturated rings. The average Bonchev–Trinajstić information content (AvgIpc) is 2.53. The summed E-state index contributed by atoms with van der Waals surface area (Å²) in [6.45, 7) is 7.55. The fourth-order valence-corrected chi connectivity index (χ4v) is 3.54. The van der Waals surface area contributed by atoms with Crippen LogP contribution in [0.5, 0.6) is 0 Å². The van der Waals surface area contributed by atoms with Gasteiger partial charge >= 0.3 is 0 Å². The summed E-state index contributed by atoms with van der Waals surface area (Å²) < 4.78 is 53.3. The molecule has 0 spiro atoms. The third-order valence-corrected chi connectivity index (χ3v) is 5.15. The second-order valence-electron chi connectivity index (χ2n) is 5.35. The molecule has 0 aliphatic carbocycles. The zero-order valence-corrected chi connectivity index (χ0v) is 14.6. The minimum atomic E-state index is -3.99. The maximum Gasteiger partial charge on any atom is 0.262 e. The molecule has 0 radical (unpaired) electrons. The first kappa shape index (κ1) is 18.2. The summed E-state index contributed by atoms with van der Waals surface area (Å²) in [5, 5.41) is 0. The number of nitrogens with one attached hydrogen (secondary N) is 1. The molecule has 0 unspecified atom stereocenters. The Bertz CT molecular complexity index is 834. The molecule has 0 aliphatic heterocycles. The van der Waals surface area contributed by atoms with Crippen molar-refractivity contribution in [3.05, 3.63) is 53.6 Å². The van der Waals surface area contributed by atoms with E-state index in [4.69, 9.17) is 0 Å². The van der Waals surface area contributed by atoms with Crippen LogP contribution in [0.1, 0.15) is 19.4 Å². The van der Waals surface area contributed by atoms with Gasteiger partial charge in [-0.3, -0.25) is 4.72 Å². The SMILES string of the molecule is CCN(CC)c1ccc(NS(=O)(=O)c2ccc(F)c(F)c2)c(C)c1. The molecule has 7 heteroatoms. The lowest BCUT2D eigenvalue weighted by atomic mass is 10.1. The number of benzene rings is 2. The molecule has 0 aliphatic rings. The second-order valence-corrected chi connectivity index (χ2v) is 7.04. The Morgan fingerprint density at radius 2 is 1.67 bits per heavy atom. The largest absolute Gasteiger partial charge is 0.372 e. The molecule has 0 amide bonds. The Kier molecular flexibility index (Phi) is 5.43. The maximum absolute atomic E-state index is 13.3. The fourth-order valence-electron chi connectivity index (χ4n) is 2.40. The van der Waals surface area contributed by atoms with Gasteiger partial charge in [-0.1, -0.05) is 0 Å². The first-order chi connectivity index (χ1) is 11.3. The van der Waals surface area contributed by atoms with E-state index >= 15 is 0 Å². The van der Waals surface area contributed by atoms with Crippen LogP contribution < -0.4 is 9.62 Å². The van der Waals surface area contributed by atoms with Gasteiger partial charge in [0.25, 0.3) is 10.0 Å². The summed E-state index contributed by atoms with van der Waals surface area (Å²) in [5.74, 6) is -2.29. The standard InChI is InChI=1S/C17H20F2N2O2S/c1-4-21(5-2)13-6-9-17(12(3)10-13)20-24(22,23)14-7-8-15(18)16(19)11-14/h6-11,20H,4-5H2,1-3H3. The molecule has 0 bridgehead atoms. The molecular formula is C17H20F2N2O2S. The van der Waals surface area contributed by atoms with E-state index in [1.807, 2.05) is 26.0 Å². The summed E-state index contributed by atoms with van der Waals surface area (Å²) >= 11 is 0. The van der Waals surface area contributed by atoms with Gasteiger partial charge in [0.05, 0.1) is 10.6 Å². The van der Waals surface area contributed by atoms with E-state index < -0.39 is 21.7 Å². The number of nitrogens with zero attached hydrogens (tertiary/aromatic N) is 1. The minimum absolute atomic E-state index is 0.325. The Balaban J connectivity index is 2.31. The van der Waals surface area contributed by atoms with E-state index in [1.165, 1.54) is 0 Å². The Labute approximate surface area is 141 Å². The van der Waals surface area contributed by atoms with Crippen molar-refractivity contribution in [2.75, 3.05) is 22.7 Å². The van der Waals surface area contributed by atoms with Crippen LogP contribution in [0.2, 0.25) is 0 Å². The summed E-state index contributed by atoms with van der Waals surface area (Å²) in [6.07, 6.45) is 0. The lowest BCUT2D eigenvalue weighted by molar-refractivity contribution is 0.504. The van der Waals surface area contributed by atoms with E-state index in [-0.39, 0.29) is 4.90 Å². The van der Waals surface area contributed by atoms with Crippen LogP contribution in [0.3, 0.4) is 0 Å². The van der Waals surface area contributed by atoms with Gasteiger partial charge in [0, 0.05) is 18.8 Å². The number of rotatable bonds is 6. The topological polar surface area (TPSA) is 49.4 Å². The number of halogens is 2.